The maximum Gasteiger partial charge on any atom is 0.348 e. The molecule has 2 amide bonds. The van der Waals surface area contributed by atoms with Gasteiger partial charge in [0.1, 0.15) is 15.9 Å². The van der Waals surface area contributed by atoms with E-state index in [1.165, 1.54) is 20.1 Å². The Morgan fingerprint density at radius 1 is 1.03 bits per heavy atom. The SMILES string of the molecule is COC(=O)c1sc(NC(=O)COC(=O)[C@@H](NC(=O)c2ccccc2Cl)C(C)C)c(C(=O)OC)c1C. The summed E-state index contributed by atoms with van der Waals surface area (Å²) in [7, 11) is 2.35. The number of esters is 3. The number of carbonyl (C=O) groups is 5. The summed E-state index contributed by atoms with van der Waals surface area (Å²) >= 11 is 6.86. The van der Waals surface area contributed by atoms with E-state index in [1.807, 2.05) is 0 Å². The number of methoxy groups -OCH3 is 2. The third-order valence-electron chi connectivity index (χ3n) is 4.83. The molecule has 12 heteroatoms. The monoisotopic (exact) mass is 524 g/mol. The van der Waals surface area contributed by atoms with Crippen molar-refractivity contribution >= 4 is 57.7 Å². The molecule has 0 saturated carbocycles. The molecule has 0 aliphatic heterocycles. The molecular formula is C23H25ClN2O8S. The Bertz CT molecular complexity index is 1140. The maximum absolute atomic E-state index is 12.6. The first-order chi connectivity index (χ1) is 16.5. The van der Waals surface area contributed by atoms with Crippen LogP contribution in [0.15, 0.2) is 24.3 Å². The zero-order chi connectivity index (χ0) is 26.3. The van der Waals surface area contributed by atoms with Crippen LogP contribution >= 0.6 is 22.9 Å². The summed E-state index contributed by atoms with van der Waals surface area (Å²) in [6, 6.07) is 5.31. The van der Waals surface area contributed by atoms with Crippen LogP contribution in [0.4, 0.5) is 5.00 Å². The van der Waals surface area contributed by atoms with Crippen molar-refractivity contribution in [2.45, 2.75) is 26.8 Å². The van der Waals surface area contributed by atoms with E-state index >= 15 is 0 Å². The number of thiophene rings is 1. The lowest BCUT2D eigenvalue weighted by Gasteiger charge is -2.21. The second-order valence-electron chi connectivity index (χ2n) is 7.57. The molecule has 1 aromatic heterocycles. The van der Waals surface area contributed by atoms with Crippen LogP contribution in [0.1, 0.15) is 49.8 Å². The van der Waals surface area contributed by atoms with E-state index in [4.69, 9.17) is 25.8 Å². The second kappa shape index (κ2) is 12.3. The highest BCUT2D eigenvalue weighted by Gasteiger charge is 2.29. The number of halogens is 1. The largest absolute Gasteiger partial charge is 0.465 e. The average molecular weight is 525 g/mol. The summed E-state index contributed by atoms with van der Waals surface area (Å²) in [5.74, 6) is -3.96. The van der Waals surface area contributed by atoms with Crippen molar-refractivity contribution in [2.75, 3.05) is 26.1 Å². The number of ether oxygens (including phenoxy) is 3. The second-order valence-corrected chi connectivity index (χ2v) is 9.00. The van der Waals surface area contributed by atoms with Crippen molar-refractivity contribution in [1.29, 1.82) is 0 Å². The topological polar surface area (TPSA) is 137 Å². The fraction of sp³-hybridized carbons (Fsp3) is 0.348. The van der Waals surface area contributed by atoms with Crippen molar-refractivity contribution < 1.29 is 38.2 Å². The van der Waals surface area contributed by atoms with E-state index in [9.17, 15) is 24.0 Å². The summed E-state index contributed by atoms with van der Waals surface area (Å²) < 4.78 is 14.5. The van der Waals surface area contributed by atoms with Crippen LogP contribution in [-0.4, -0.2) is 56.6 Å². The molecule has 0 bridgehead atoms. The van der Waals surface area contributed by atoms with E-state index in [2.05, 4.69) is 10.6 Å². The molecule has 0 fully saturated rings. The molecule has 0 spiro atoms. The van der Waals surface area contributed by atoms with E-state index in [0.29, 0.717) is 0 Å². The van der Waals surface area contributed by atoms with Gasteiger partial charge in [-0.25, -0.2) is 14.4 Å². The lowest BCUT2D eigenvalue weighted by atomic mass is 10.0. The van der Waals surface area contributed by atoms with Gasteiger partial charge in [-0.3, -0.25) is 9.59 Å². The third-order valence-corrected chi connectivity index (χ3v) is 6.35. The van der Waals surface area contributed by atoms with E-state index in [-0.39, 0.29) is 37.5 Å². The zero-order valence-corrected chi connectivity index (χ0v) is 21.3. The lowest BCUT2D eigenvalue weighted by Crippen LogP contribution is -2.46. The van der Waals surface area contributed by atoms with Crippen LogP contribution < -0.4 is 10.6 Å². The molecule has 1 heterocycles. The lowest BCUT2D eigenvalue weighted by molar-refractivity contribution is -0.150. The van der Waals surface area contributed by atoms with Gasteiger partial charge in [0, 0.05) is 0 Å². The van der Waals surface area contributed by atoms with Gasteiger partial charge >= 0.3 is 17.9 Å². The van der Waals surface area contributed by atoms with Gasteiger partial charge < -0.3 is 24.8 Å². The molecule has 2 N–H and O–H groups in total. The van der Waals surface area contributed by atoms with Crippen molar-refractivity contribution in [3.05, 3.63) is 50.9 Å². The number of benzene rings is 1. The normalized spacial score (nSPS) is 11.4. The fourth-order valence-corrected chi connectivity index (χ4v) is 4.34. The molecule has 188 valence electrons. The summed E-state index contributed by atoms with van der Waals surface area (Å²) in [5.41, 5.74) is 0.461. The van der Waals surface area contributed by atoms with Gasteiger partial charge in [-0.1, -0.05) is 37.6 Å². The van der Waals surface area contributed by atoms with Gasteiger partial charge in [-0.05, 0) is 30.5 Å². The van der Waals surface area contributed by atoms with Gasteiger partial charge in [0.25, 0.3) is 11.8 Å². The Hall–Kier alpha value is -3.44. The third kappa shape index (κ3) is 6.80. The van der Waals surface area contributed by atoms with Crippen LogP contribution in [0.3, 0.4) is 0 Å². The summed E-state index contributed by atoms with van der Waals surface area (Å²) in [4.78, 5) is 61.9. The highest BCUT2D eigenvalue weighted by atomic mass is 35.5. The number of carbonyl (C=O) groups excluding carboxylic acids is 5. The first-order valence-electron chi connectivity index (χ1n) is 10.3. The number of amides is 2. The summed E-state index contributed by atoms with van der Waals surface area (Å²) in [6.07, 6.45) is 0. The van der Waals surface area contributed by atoms with Crippen molar-refractivity contribution in [1.82, 2.24) is 5.32 Å². The molecule has 2 aromatic rings. The number of nitrogens with one attached hydrogen (secondary N) is 2. The van der Waals surface area contributed by atoms with Gasteiger partial charge in [0.15, 0.2) is 6.61 Å². The molecular weight excluding hydrogens is 500 g/mol. The molecule has 10 nitrogen and oxygen atoms in total. The van der Waals surface area contributed by atoms with Crippen LogP contribution in [0.2, 0.25) is 5.02 Å². The maximum atomic E-state index is 12.6. The Kier molecular flexibility index (Phi) is 9.78. The predicted molar refractivity (Wildman–Crippen MR) is 129 cm³/mol. The summed E-state index contributed by atoms with van der Waals surface area (Å²) in [5, 5.41) is 5.29. The number of anilines is 1. The van der Waals surface area contributed by atoms with Crippen molar-refractivity contribution in [2.24, 2.45) is 5.92 Å². The summed E-state index contributed by atoms with van der Waals surface area (Å²) in [6.45, 7) is 4.21. The van der Waals surface area contributed by atoms with Crippen LogP contribution in [-0.2, 0) is 23.8 Å². The van der Waals surface area contributed by atoms with Gasteiger partial charge in [-0.15, -0.1) is 11.3 Å². The molecule has 0 aliphatic carbocycles. The van der Waals surface area contributed by atoms with E-state index in [1.54, 1.807) is 32.0 Å². The van der Waals surface area contributed by atoms with Gasteiger partial charge in [-0.2, -0.15) is 0 Å². The standard InChI is InChI=1S/C23H25ClN2O8S/c1-11(2)17(26-19(28)13-8-6-7-9-14(13)24)22(30)34-10-15(27)25-20-16(21(29)32-4)12(3)18(35-20)23(31)33-5/h6-9,11,17H,10H2,1-5H3,(H,25,27)(H,26,28)/t17-/m0/s1. The zero-order valence-electron chi connectivity index (χ0n) is 19.7. The van der Waals surface area contributed by atoms with Gasteiger partial charge in [0.05, 0.1) is 30.4 Å². The number of hydrogen-bond donors (Lipinski definition) is 2. The minimum atomic E-state index is -1.05. The van der Waals surface area contributed by atoms with E-state index in [0.717, 1.165) is 18.4 Å². The Morgan fingerprint density at radius 3 is 2.23 bits per heavy atom. The smallest absolute Gasteiger partial charge is 0.348 e. The number of rotatable bonds is 9. The van der Waals surface area contributed by atoms with Crippen molar-refractivity contribution in [3.63, 3.8) is 0 Å². The highest BCUT2D eigenvalue weighted by molar-refractivity contribution is 7.18. The first-order valence-corrected chi connectivity index (χ1v) is 11.5. The van der Waals surface area contributed by atoms with E-state index < -0.39 is 42.4 Å². The van der Waals surface area contributed by atoms with Crippen LogP contribution in [0.5, 0.6) is 0 Å². The molecule has 0 aliphatic rings. The van der Waals surface area contributed by atoms with Crippen LogP contribution in [0, 0.1) is 12.8 Å². The molecule has 2 rings (SSSR count). The molecule has 0 radical (unpaired) electrons. The molecule has 35 heavy (non-hydrogen) atoms. The minimum absolute atomic E-state index is 0.00960. The first kappa shape index (κ1) is 27.8. The number of hydrogen-bond acceptors (Lipinski definition) is 9. The highest BCUT2D eigenvalue weighted by Crippen LogP contribution is 2.34. The van der Waals surface area contributed by atoms with Crippen molar-refractivity contribution in [3.8, 4) is 0 Å². The Balaban J connectivity index is 2.10. The average Bonchev–Trinajstić information content (AvgIpc) is 3.15. The molecule has 0 unspecified atom stereocenters. The Morgan fingerprint density at radius 2 is 1.66 bits per heavy atom. The molecule has 0 saturated heterocycles. The predicted octanol–water partition coefficient (Wildman–Crippen LogP) is 3.22. The Labute approximate surface area is 210 Å². The molecule has 1 atom stereocenters. The molecule has 1 aromatic carbocycles. The minimum Gasteiger partial charge on any atom is -0.465 e. The van der Waals surface area contributed by atoms with Gasteiger partial charge in [0.2, 0.25) is 0 Å². The fourth-order valence-electron chi connectivity index (χ4n) is 2.99. The quantitative estimate of drug-likeness (QED) is 0.377. The van der Waals surface area contributed by atoms with Crippen LogP contribution in [0.25, 0.3) is 0 Å².